The van der Waals surface area contributed by atoms with Crippen molar-refractivity contribution in [3.63, 3.8) is 0 Å². The third-order valence-corrected chi connectivity index (χ3v) is 2.86. The first-order valence-corrected chi connectivity index (χ1v) is 6.32. The lowest BCUT2D eigenvalue weighted by molar-refractivity contribution is 0.218. The number of carbonyl (C=O) groups excluding carboxylic acids is 1. The number of rotatable bonds is 5. The van der Waals surface area contributed by atoms with Crippen LogP contribution >= 0.6 is 11.9 Å². The molecule has 2 N–H and O–H groups in total. The number of anilines is 1. The number of nitrogens with zero attached hydrogens (tertiary/aromatic N) is 1. The van der Waals surface area contributed by atoms with Gasteiger partial charge >= 0.3 is 6.03 Å². The van der Waals surface area contributed by atoms with Crippen LogP contribution in [0.5, 0.6) is 0 Å². The first kappa shape index (κ1) is 12.7. The van der Waals surface area contributed by atoms with E-state index in [0.29, 0.717) is 23.8 Å². The van der Waals surface area contributed by atoms with Crippen molar-refractivity contribution < 1.29 is 14.1 Å². The van der Waals surface area contributed by atoms with E-state index in [1.54, 1.807) is 13.2 Å². The summed E-state index contributed by atoms with van der Waals surface area (Å²) in [6, 6.07) is 6.99. The molecule has 0 radical (unpaired) electrons. The second-order valence-electron chi connectivity index (χ2n) is 3.42. The van der Waals surface area contributed by atoms with E-state index >= 15 is 0 Å². The van der Waals surface area contributed by atoms with Crippen molar-refractivity contribution in [3.05, 3.63) is 24.3 Å². The molecule has 1 aromatic heterocycles. The van der Waals surface area contributed by atoms with Gasteiger partial charge in [0.25, 0.3) is 0 Å². The zero-order valence-corrected chi connectivity index (χ0v) is 10.6. The van der Waals surface area contributed by atoms with Crippen LogP contribution in [-0.2, 0) is 4.74 Å². The summed E-state index contributed by atoms with van der Waals surface area (Å²) in [7, 11) is 1.61. The molecule has 0 spiro atoms. The van der Waals surface area contributed by atoms with Crippen LogP contribution in [-0.4, -0.2) is 30.7 Å². The first-order valence-electron chi connectivity index (χ1n) is 5.33. The van der Waals surface area contributed by atoms with Gasteiger partial charge in [-0.2, -0.15) is 0 Å². The van der Waals surface area contributed by atoms with Crippen molar-refractivity contribution in [2.24, 2.45) is 0 Å². The molecule has 0 fully saturated rings. The molecule has 6 nitrogen and oxygen atoms in total. The molecule has 2 amide bonds. The van der Waals surface area contributed by atoms with Crippen molar-refractivity contribution in [1.82, 2.24) is 9.88 Å². The molecule has 96 valence electrons. The molecule has 0 saturated heterocycles. The quantitative estimate of drug-likeness (QED) is 0.642. The van der Waals surface area contributed by atoms with Crippen molar-refractivity contribution in [1.29, 1.82) is 0 Å². The summed E-state index contributed by atoms with van der Waals surface area (Å²) in [4.78, 5) is 11.6. The number of carbonyl (C=O) groups is 1. The van der Waals surface area contributed by atoms with E-state index in [9.17, 15) is 4.79 Å². The van der Waals surface area contributed by atoms with Crippen LogP contribution in [0.25, 0.3) is 11.0 Å². The lowest BCUT2D eigenvalue weighted by Gasteiger charge is -2.03. The molecule has 18 heavy (non-hydrogen) atoms. The van der Waals surface area contributed by atoms with Gasteiger partial charge in [-0.3, -0.25) is 10.0 Å². The van der Waals surface area contributed by atoms with Crippen LogP contribution in [0.3, 0.4) is 0 Å². The smallest absolute Gasteiger partial charge is 0.330 e. The first-order chi connectivity index (χ1) is 8.81. The standard InChI is InChI=1S/C11H13N3O3S/c1-16-6-7-18-14-11(15)12-10-8-4-2-3-5-9(8)17-13-10/h2-5H,6-7H2,1H3,(H2,12,13,14,15). The number of para-hydroxylation sites is 1. The van der Waals surface area contributed by atoms with Gasteiger partial charge in [0, 0.05) is 12.9 Å². The summed E-state index contributed by atoms with van der Waals surface area (Å²) in [6.45, 7) is 0.581. The number of benzene rings is 1. The molecule has 0 unspecified atom stereocenters. The van der Waals surface area contributed by atoms with Gasteiger partial charge < -0.3 is 9.26 Å². The van der Waals surface area contributed by atoms with E-state index < -0.39 is 0 Å². The van der Waals surface area contributed by atoms with Gasteiger partial charge in [-0.05, 0) is 24.1 Å². The van der Waals surface area contributed by atoms with E-state index in [1.165, 1.54) is 11.9 Å². The summed E-state index contributed by atoms with van der Waals surface area (Å²) in [5.74, 6) is 1.10. The molecule has 0 atom stereocenters. The largest absolute Gasteiger partial charge is 0.384 e. The summed E-state index contributed by atoms with van der Waals surface area (Å²) < 4.78 is 12.6. The third-order valence-electron chi connectivity index (χ3n) is 2.16. The van der Waals surface area contributed by atoms with E-state index in [-0.39, 0.29) is 6.03 Å². The molecule has 1 heterocycles. The number of amides is 2. The number of hydrogen-bond donors (Lipinski definition) is 2. The van der Waals surface area contributed by atoms with E-state index in [0.717, 1.165) is 5.39 Å². The van der Waals surface area contributed by atoms with Gasteiger partial charge in [0.05, 0.1) is 12.0 Å². The molecule has 1 aromatic carbocycles. The van der Waals surface area contributed by atoms with E-state index in [2.05, 4.69) is 15.2 Å². The Labute approximate surface area is 108 Å². The molecule has 0 aliphatic carbocycles. The number of methoxy groups -OCH3 is 1. The van der Waals surface area contributed by atoms with Gasteiger partial charge in [-0.15, -0.1) is 0 Å². The average Bonchev–Trinajstić information content (AvgIpc) is 2.78. The molecule has 7 heteroatoms. The number of nitrogens with one attached hydrogen (secondary N) is 2. The third kappa shape index (κ3) is 3.14. The van der Waals surface area contributed by atoms with Gasteiger partial charge in [0.2, 0.25) is 0 Å². The molecule has 0 aliphatic heterocycles. The predicted octanol–water partition coefficient (Wildman–Crippen LogP) is 2.24. The number of fused-ring (bicyclic) bond motifs is 1. The Kier molecular flexibility index (Phi) is 4.43. The fourth-order valence-corrected chi connectivity index (χ4v) is 1.88. The Morgan fingerprint density at radius 3 is 3.17 bits per heavy atom. The Bertz CT molecular complexity index is 529. The molecule has 0 saturated carbocycles. The van der Waals surface area contributed by atoms with Crippen molar-refractivity contribution in [3.8, 4) is 0 Å². The highest BCUT2D eigenvalue weighted by Gasteiger charge is 2.10. The Balaban J connectivity index is 1.91. The van der Waals surface area contributed by atoms with Crippen LogP contribution < -0.4 is 10.0 Å². The van der Waals surface area contributed by atoms with Crippen LogP contribution in [0.2, 0.25) is 0 Å². The summed E-state index contributed by atoms with van der Waals surface area (Å²) in [5.41, 5.74) is 0.639. The summed E-state index contributed by atoms with van der Waals surface area (Å²) >= 11 is 1.27. The Morgan fingerprint density at radius 2 is 2.33 bits per heavy atom. The second-order valence-corrected chi connectivity index (χ2v) is 4.33. The molecule has 0 bridgehead atoms. The zero-order chi connectivity index (χ0) is 12.8. The number of aromatic nitrogens is 1. The number of hydrogen-bond acceptors (Lipinski definition) is 5. The minimum Gasteiger partial charge on any atom is -0.384 e. The Morgan fingerprint density at radius 1 is 1.50 bits per heavy atom. The van der Waals surface area contributed by atoms with Crippen LogP contribution in [0, 0.1) is 0 Å². The minimum atomic E-state index is -0.338. The number of urea groups is 1. The average molecular weight is 267 g/mol. The summed E-state index contributed by atoms with van der Waals surface area (Å²) in [5, 5.41) is 7.20. The second kappa shape index (κ2) is 6.27. The van der Waals surface area contributed by atoms with Gasteiger partial charge in [0.1, 0.15) is 0 Å². The van der Waals surface area contributed by atoms with Crippen molar-refractivity contribution in [2.75, 3.05) is 24.8 Å². The van der Waals surface area contributed by atoms with Crippen LogP contribution in [0.1, 0.15) is 0 Å². The van der Waals surface area contributed by atoms with Gasteiger partial charge in [-0.1, -0.05) is 17.3 Å². The zero-order valence-electron chi connectivity index (χ0n) is 9.80. The molecular formula is C11H13N3O3S. The topological polar surface area (TPSA) is 76.4 Å². The monoisotopic (exact) mass is 267 g/mol. The molecular weight excluding hydrogens is 254 g/mol. The highest BCUT2D eigenvalue weighted by atomic mass is 32.2. The van der Waals surface area contributed by atoms with E-state index in [4.69, 9.17) is 9.26 Å². The maximum absolute atomic E-state index is 11.6. The Hall–Kier alpha value is -1.73. The highest BCUT2D eigenvalue weighted by molar-refractivity contribution is 7.97. The lowest BCUT2D eigenvalue weighted by Crippen LogP contribution is -2.23. The van der Waals surface area contributed by atoms with E-state index in [1.807, 2.05) is 18.2 Å². The van der Waals surface area contributed by atoms with Gasteiger partial charge in [-0.25, -0.2) is 4.79 Å². The summed E-state index contributed by atoms with van der Waals surface area (Å²) in [6.07, 6.45) is 0. The maximum Gasteiger partial charge on any atom is 0.330 e. The number of ether oxygens (including phenoxy) is 1. The molecule has 2 rings (SSSR count). The molecule has 2 aromatic rings. The van der Waals surface area contributed by atoms with Crippen LogP contribution in [0.4, 0.5) is 10.6 Å². The maximum atomic E-state index is 11.6. The highest BCUT2D eigenvalue weighted by Crippen LogP contribution is 2.21. The normalized spacial score (nSPS) is 10.5. The lowest BCUT2D eigenvalue weighted by atomic mass is 10.2. The fourth-order valence-electron chi connectivity index (χ4n) is 1.35. The van der Waals surface area contributed by atoms with Crippen molar-refractivity contribution >= 4 is 34.8 Å². The molecule has 0 aliphatic rings. The predicted molar refractivity (Wildman–Crippen MR) is 70.5 cm³/mol. The van der Waals surface area contributed by atoms with Gasteiger partial charge in [0.15, 0.2) is 11.4 Å². The van der Waals surface area contributed by atoms with Crippen molar-refractivity contribution in [2.45, 2.75) is 0 Å². The minimum absolute atomic E-state index is 0.338. The SMILES string of the molecule is COCCSNC(=O)Nc1noc2ccccc12. The fraction of sp³-hybridized carbons (Fsp3) is 0.273. The van der Waals surface area contributed by atoms with Crippen LogP contribution in [0.15, 0.2) is 28.8 Å².